The highest BCUT2D eigenvalue weighted by Crippen LogP contribution is 2.22. The van der Waals surface area contributed by atoms with Gasteiger partial charge in [0.05, 0.1) is 12.3 Å². The average molecular weight is 274 g/mol. The van der Waals surface area contributed by atoms with Gasteiger partial charge in [-0.3, -0.25) is 0 Å². The Morgan fingerprint density at radius 1 is 1.50 bits per heavy atom. The van der Waals surface area contributed by atoms with Crippen molar-refractivity contribution in [2.75, 3.05) is 19.7 Å². The summed E-state index contributed by atoms with van der Waals surface area (Å²) in [6.45, 7) is 7.18. The van der Waals surface area contributed by atoms with E-state index in [9.17, 15) is 0 Å². The van der Waals surface area contributed by atoms with Crippen LogP contribution in [0.3, 0.4) is 0 Å². The van der Waals surface area contributed by atoms with Crippen LogP contribution in [0.1, 0.15) is 38.3 Å². The maximum atomic E-state index is 5.94. The van der Waals surface area contributed by atoms with Gasteiger partial charge in [0, 0.05) is 24.9 Å². The van der Waals surface area contributed by atoms with Gasteiger partial charge in [0.25, 0.3) is 0 Å². The summed E-state index contributed by atoms with van der Waals surface area (Å²) < 4.78 is 7.80. The molecule has 2 aromatic rings. The molecule has 0 bridgehead atoms. The third-order valence-corrected chi connectivity index (χ3v) is 3.82. The fraction of sp³-hybridized carbons (Fsp3) is 0.600. The molecule has 3 rings (SSSR count). The standard InChI is InChI=1S/C15H22N4O/c1-11(2)13-8-14-15(17-6-7-19(14)18-13)20-10-12-4-3-5-16-9-12/h6-8,11-12,16H,3-5,9-10H2,1-2H3. The molecular formula is C15H22N4O. The van der Waals surface area contributed by atoms with Crippen LogP contribution in [-0.4, -0.2) is 34.3 Å². The minimum atomic E-state index is 0.408. The maximum Gasteiger partial charge on any atom is 0.240 e. The van der Waals surface area contributed by atoms with Crippen LogP contribution in [0, 0.1) is 5.92 Å². The van der Waals surface area contributed by atoms with Gasteiger partial charge in [0.2, 0.25) is 5.88 Å². The highest BCUT2D eigenvalue weighted by Gasteiger charge is 2.16. The van der Waals surface area contributed by atoms with E-state index in [1.54, 1.807) is 6.20 Å². The summed E-state index contributed by atoms with van der Waals surface area (Å²) in [4.78, 5) is 4.36. The van der Waals surface area contributed by atoms with Gasteiger partial charge in [-0.05, 0) is 31.4 Å². The van der Waals surface area contributed by atoms with E-state index in [1.165, 1.54) is 12.8 Å². The molecule has 3 heterocycles. The van der Waals surface area contributed by atoms with Crippen LogP contribution in [-0.2, 0) is 0 Å². The molecule has 0 amide bonds. The molecule has 0 aromatic carbocycles. The largest absolute Gasteiger partial charge is 0.476 e. The average Bonchev–Trinajstić information content (AvgIpc) is 2.91. The quantitative estimate of drug-likeness (QED) is 0.929. The Bertz CT molecular complexity index is 572. The molecule has 1 saturated heterocycles. The number of nitrogens with zero attached hydrogens (tertiary/aromatic N) is 3. The first-order chi connectivity index (χ1) is 9.74. The van der Waals surface area contributed by atoms with Crippen LogP contribution < -0.4 is 10.1 Å². The molecule has 0 spiro atoms. The molecule has 0 saturated carbocycles. The van der Waals surface area contributed by atoms with E-state index < -0.39 is 0 Å². The number of ether oxygens (including phenoxy) is 1. The SMILES string of the molecule is CC(C)c1cc2c(OCC3CCCNC3)nccn2n1. The Morgan fingerprint density at radius 2 is 2.40 bits per heavy atom. The zero-order valence-electron chi connectivity index (χ0n) is 12.2. The number of piperidine rings is 1. The molecule has 0 aliphatic carbocycles. The van der Waals surface area contributed by atoms with Crippen molar-refractivity contribution in [1.29, 1.82) is 0 Å². The summed E-state index contributed by atoms with van der Waals surface area (Å²) in [5.41, 5.74) is 2.03. The molecule has 5 nitrogen and oxygen atoms in total. The third-order valence-electron chi connectivity index (χ3n) is 3.82. The molecule has 20 heavy (non-hydrogen) atoms. The number of fused-ring (bicyclic) bond motifs is 1. The van der Waals surface area contributed by atoms with Crippen LogP contribution in [0.5, 0.6) is 5.88 Å². The summed E-state index contributed by atoms with van der Waals surface area (Å²) in [5.74, 6) is 1.68. The number of aromatic nitrogens is 3. The van der Waals surface area contributed by atoms with Gasteiger partial charge in [-0.2, -0.15) is 5.10 Å². The lowest BCUT2D eigenvalue weighted by molar-refractivity contribution is 0.213. The molecule has 5 heteroatoms. The summed E-state index contributed by atoms with van der Waals surface area (Å²) in [6, 6.07) is 2.08. The first-order valence-corrected chi connectivity index (χ1v) is 7.42. The molecule has 1 fully saturated rings. The highest BCUT2D eigenvalue weighted by molar-refractivity contribution is 5.56. The Labute approximate surface area is 119 Å². The molecule has 1 aliphatic rings. The summed E-state index contributed by atoms with van der Waals surface area (Å²) in [6.07, 6.45) is 6.08. The minimum absolute atomic E-state index is 0.408. The van der Waals surface area contributed by atoms with Gasteiger partial charge in [0.1, 0.15) is 5.52 Å². The van der Waals surface area contributed by atoms with E-state index in [1.807, 2.05) is 10.7 Å². The predicted molar refractivity (Wildman–Crippen MR) is 78.2 cm³/mol. The van der Waals surface area contributed by atoms with Crippen molar-refractivity contribution in [3.8, 4) is 5.88 Å². The van der Waals surface area contributed by atoms with E-state index in [2.05, 4.69) is 35.3 Å². The molecule has 2 aromatic heterocycles. The smallest absolute Gasteiger partial charge is 0.240 e. The molecule has 1 atom stereocenters. The normalized spacial score (nSPS) is 19.6. The van der Waals surface area contributed by atoms with E-state index in [-0.39, 0.29) is 0 Å². The molecule has 1 unspecified atom stereocenters. The van der Waals surface area contributed by atoms with Crippen molar-refractivity contribution < 1.29 is 4.74 Å². The van der Waals surface area contributed by atoms with Crippen LogP contribution in [0.4, 0.5) is 0 Å². The van der Waals surface area contributed by atoms with Gasteiger partial charge in [0.15, 0.2) is 0 Å². The fourth-order valence-electron chi connectivity index (χ4n) is 2.57. The van der Waals surface area contributed by atoms with Crippen LogP contribution >= 0.6 is 0 Å². The van der Waals surface area contributed by atoms with Crippen molar-refractivity contribution in [2.24, 2.45) is 5.92 Å². The Kier molecular flexibility index (Phi) is 3.87. The maximum absolute atomic E-state index is 5.94. The highest BCUT2D eigenvalue weighted by atomic mass is 16.5. The lowest BCUT2D eigenvalue weighted by atomic mass is 10.0. The van der Waals surface area contributed by atoms with E-state index in [0.29, 0.717) is 17.7 Å². The summed E-state index contributed by atoms with van der Waals surface area (Å²) in [5, 5.41) is 7.96. The van der Waals surface area contributed by atoms with Crippen LogP contribution in [0.25, 0.3) is 5.52 Å². The molecule has 0 radical (unpaired) electrons. The molecular weight excluding hydrogens is 252 g/mol. The van der Waals surface area contributed by atoms with Crippen molar-refractivity contribution >= 4 is 5.52 Å². The van der Waals surface area contributed by atoms with Crippen LogP contribution in [0.2, 0.25) is 0 Å². The van der Waals surface area contributed by atoms with Crippen molar-refractivity contribution in [3.63, 3.8) is 0 Å². The number of hydrogen-bond acceptors (Lipinski definition) is 4. The van der Waals surface area contributed by atoms with Crippen molar-refractivity contribution in [2.45, 2.75) is 32.6 Å². The molecule has 1 aliphatic heterocycles. The Morgan fingerprint density at radius 3 is 3.15 bits per heavy atom. The van der Waals surface area contributed by atoms with Gasteiger partial charge in [-0.1, -0.05) is 13.8 Å². The first-order valence-electron chi connectivity index (χ1n) is 7.42. The number of hydrogen-bond donors (Lipinski definition) is 1. The predicted octanol–water partition coefficient (Wildman–Crippen LogP) is 2.23. The lowest BCUT2D eigenvalue weighted by Crippen LogP contribution is -2.33. The number of rotatable bonds is 4. The van der Waals surface area contributed by atoms with Crippen molar-refractivity contribution in [1.82, 2.24) is 19.9 Å². The van der Waals surface area contributed by atoms with E-state index in [4.69, 9.17) is 4.74 Å². The van der Waals surface area contributed by atoms with Gasteiger partial charge < -0.3 is 10.1 Å². The van der Waals surface area contributed by atoms with Gasteiger partial charge in [-0.25, -0.2) is 9.50 Å². The van der Waals surface area contributed by atoms with Gasteiger partial charge >= 0.3 is 0 Å². The zero-order valence-corrected chi connectivity index (χ0v) is 12.2. The third kappa shape index (κ3) is 2.77. The second kappa shape index (κ2) is 5.79. The van der Waals surface area contributed by atoms with Crippen molar-refractivity contribution in [3.05, 3.63) is 24.2 Å². The van der Waals surface area contributed by atoms with Crippen LogP contribution in [0.15, 0.2) is 18.5 Å². The second-order valence-corrected chi connectivity index (χ2v) is 5.81. The Balaban J connectivity index is 1.76. The summed E-state index contributed by atoms with van der Waals surface area (Å²) >= 11 is 0. The second-order valence-electron chi connectivity index (χ2n) is 5.81. The van der Waals surface area contributed by atoms with E-state index in [0.717, 1.165) is 30.9 Å². The molecule has 1 N–H and O–H groups in total. The number of nitrogens with one attached hydrogen (secondary N) is 1. The Hall–Kier alpha value is -1.62. The summed E-state index contributed by atoms with van der Waals surface area (Å²) in [7, 11) is 0. The first kappa shape index (κ1) is 13.4. The van der Waals surface area contributed by atoms with E-state index >= 15 is 0 Å². The minimum Gasteiger partial charge on any atom is -0.476 e. The molecule has 108 valence electrons. The fourth-order valence-corrected chi connectivity index (χ4v) is 2.57. The lowest BCUT2D eigenvalue weighted by Gasteiger charge is -2.22. The van der Waals surface area contributed by atoms with Gasteiger partial charge in [-0.15, -0.1) is 0 Å². The topological polar surface area (TPSA) is 51.5 Å². The monoisotopic (exact) mass is 274 g/mol. The zero-order chi connectivity index (χ0) is 13.9.